The second-order valence-corrected chi connectivity index (χ2v) is 7.18. The first-order valence-electron chi connectivity index (χ1n) is 7.96. The zero-order valence-electron chi connectivity index (χ0n) is 14.1. The fraction of sp³-hybridized carbons (Fsp3) is 0.368. The van der Waals surface area contributed by atoms with Gasteiger partial charge in [0.05, 0.1) is 6.10 Å². The van der Waals surface area contributed by atoms with Crippen molar-refractivity contribution in [2.75, 3.05) is 27.2 Å². The van der Waals surface area contributed by atoms with Gasteiger partial charge in [0.25, 0.3) is 0 Å². The Labute approximate surface area is 154 Å². The molecule has 0 fully saturated rings. The number of hydrogen-bond donors (Lipinski definition) is 1. The molecule has 1 N–H and O–H groups in total. The maximum absolute atomic E-state index is 10.3. The topological polar surface area (TPSA) is 26.7 Å². The number of aliphatic hydroxyl groups is 1. The standard InChI is InChI=1S/C19H24Cl2N2O/c1-22(11-15-6-4-3-5-7-15)13-19(24)14-23(2)12-16-8-17(20)10-18(21)9-16/h3-10,19,24H,11-14H2,1-2H3. The maximum Gasteiger partial charge on any atom is 0.0793 e. The lowest BCUT2D eigenvalue weighted by atomic mass is 10.2. The molecule has 1 atom stereocenters. The Morgan fingerprint density at radius 1 is 0.833 bits per heavy atom. The summed E-state index contributed by atoms with van der Waals surface area (Å²) in [6, 6.07) is 15.8. The summed E-state index contributed by atoms with van der Waals surface area (Å²) in [5.74, 6) is 0. The Morgan fingerprint density at radius 2 is 1.33 bits per heavy atom. The molecule has 1 unspecified atom stereocenters. The molecule has 0 aliphatic carbocycles. The van der Waals surface area contributed by atoms with Crippen LogP contribution in [0.4, 0.5) is 0 Å². The molecule has 2 aromatic rings. The van der Waals surface area contributed by atoms with Gasteiger partial charge in [-0.15, -0.1) is 0 Å². The maximum atomic E-state index is 10.3. The second kappa shape index (κ2) is 9.40. The molecule has 0 saturated heterocycles. The largest absolute Gasteiger partial charge is 0.390 e. The van der Waals surface area contributed by atoms with Crippen LogP contribution in [-0.4, -0.2) is 48.2 Å². The van der Waals surface area contributed by atoms with Gasteiger partial charge in [0.2, 0.25) is 0 Å². The van der Waals surface area contributed by atoms with E-state index in [9.17, 15) is 5.11 Å². The number of rotatable bonds is 8. The third-order valence-electron chi connectivity index (χ3n) is 3.71. The molecule has 0 aliphatic heterocycles. The highest BCUT2D eigenvalue weighted by atomic mass is 35.5. The summed E-state index contributed by atoms with van der Waals surface area (Å²) in [6.07, 6.45) is -0.418. The SMILES string of the molecule is CN(Cc1ccccc1)CC(O)CN(C)Cc1cc(Cl)cc(Cl)c1. The molecule has 130 valence electrons. The van der Waals surface area contributed by atoms with Gasteiger partial charge in [0.15, 0.2) is 0 Å². The van der Waals surface area contributed by atoms with Gasteiger partial charge in [0.1, 0.15) is 0 Å². The van der Waals surface area contributed by atoms with Gasteiger partial charge in [-0.1, -0.05) is 53.5 Å². The molecule has 0 bridgehead atoms. The van der Waals surface area contributed by atoms with E-state index >= 15 is 0 Å². The van der Waals surface area contributed by atoms with E-state index in [0.717, 1.165) is 12.1 Å². The van der Waals surface area contributed by atoms with Crippen LogP contribution in [0.15, 0.2) is 48.5 Å². The number of hydrogen-bond acceptors (Lipinski definition) is 3. The van der Waals surface area contributed by atoms with Crippen molar-refractivity contribution in [3.63, 3.8) is 0 Å². The third-order valence-corrected chi connectivity index (χ3v) is 4.15. The van der Waals surface area contributed by atoms with Crippen LogP contribution in [-0.2, 0) is 13.1 Å². The van der Waals surface area contributed by atoms with Crippen molar-refractivity contribution in [3.05, 3.63) is 69.7 Å². The van der Waals surface area contributed by atoms with Crippen molar-refractivity contribution in [2.24, 2.45) is 0 Å². The number of likely N-dealkylation sites (N-methyl/N-ethyl adjacent to an activating group) is 2. The molecule has 2 aromatic carbocycles. The molecule has 2 rings (SSSR count). The predicted molar refractivity (Wildman–Crippen MR) is 102 cm³/mol. The normalized spacial score (nSPS) is 12.8. The molecule has 0 aliphatic rings. The molecule has 0 aromatic heterocycles. The van der Waals surface area contributed by atoms with E-state index in [2.05, 4.69) is 21.9 Å². The molecule has 0 heterocycles. The highest BCUT2D eigenvalue weighted by Gasteiger charge is 2.12. The minimum absolute atomic E-state index is 0.418. The Balaban J connectivity index is 1.79. The van der Waals surface area contributed by atoms with Crippen molar-refractivity contribution < 1.29 is 5.11 Å². The van der Waals surface area contributed by atoms with E-state index in [1.807, 2.05) is 44.4 Å². The van der Waals surface area contributed by atoms with E-state index in [1.165, 1.54) is 5.56 Å². The van der Waals surface area contributed by atoms with Crippen molar-refractivity contribution >= 4 is 23.2 Å². The van der Waals surface area contributed by atoms with Crippen LogP contribution in [0, 0.1) is 0 Å². The van der Waals surface area contributed by atoms with E-state index in [1.54, 1.807) is 6.07 Å². The zero-order valence-corrected chi connectivity index (χ0v) is 15.6. The zero-order chi connectivity index (χ0) is 17.5. The van der Waals surface area contributed by atoms with Crippen molar-refractivity contribution in [2.45, 2.75) is 19.2 Å². The van der Waals surface area contributed by atoms with Crippen LogP contribution in [0.5, 0.6) is 0 Å². The lowest BCUT2D eigenvalue weighted by molar-refractivity contribution is 0.0868. The monoisotopic (exact) mass is 366 g/mol. The predicted octanol–water partition coefficient (Wildman–Crippen LogP) is 3.92. The first kappa shape index (κ1) is 19.2. The van der Waals surface area contributed by atoms with Crippen molar-refractivity contribution in [1.29, 1.82) is 0 Å². The quantitative estimate of drug-likeness (QED) is 0.766. The van der Waals surface area contributed by atoms with Crippen LogP contribution in [0.3, 0.4) is 0 Å². The smallest absolute Gasteiger partial charge is 0.0793 e. The highest BCUT2D eigenvalue weighted by Crippen LogP contribution is 2.20. The minimum Gasteiger partial charge on any atom is -0.390 e. The fourth-order valence-electron chi connectivity index (χ4n) is 2.82. The number of nitrogens with zero attached hydrogens (tertiary/aromatic N) is 2. The fourth-order valence-corrected chi connectivity index (χ4v) is 3.39. The molecule has 24 heavy (non-hydrogen) atoms. The molecule has 0 amide bonds. The summed E-state index contributed by atoms with van der Waals surface area (Å²) < 4.78 is 0. The van der Waals surface area contributed by atoms with E-state index < -0.39 is 6.10 Å². The average Bonchev–Trinajstić information content (AvgIpc) is 2.46. The number of aliphatic hydroxyl groups excluding tert-OH is 1. The molecular weight excluding hydrogens is 343 g/mol. The molecule has 0 saturated carbocycles. The van der Waals surface area contributed by atoms with E-state index in [4.69, 9.17) is 23.2 Å². The molecule has 0 radical (unpaired) electrons. The van der Waals surface area contributed by atoms with Crippen LogP contribution < -0.4 is 0 Å². The first-order valence-corrected chi connectivity index (χ1v) is 8.72. The summed E-state index contributed by atoms with van der Waals surface area (Å²) in [6.45, 7) is 2.73. The van der Waals surface area contributed by atoms with Gasteiger partial charge >= 0.3 is 0 Å². The Bertz CT molecular complexity index is 616. The number of benzene rings is 2. The van der Waals surface area contributed by atoms with Gasteiger partial charge in [-0.25, -0.2) is 0 Å². The molecule has 5 heteroatoms. The summed E-state index contributed by atoms with van der Waals surface area (Å²) >= 11 is 12.1. The second-order valence-electron chi connectivity index (χ2n) is 6.31. The third kappa shape index (κ3) is 6.80. The minimum atomic E-state index is -0.418. The lowest BCUT2D eigenvalue weighted by Gasteiger charge is -2.25. The van der Waals surface area contributed by atoms with Crippen LogP contribution in [0.2, 0.25) is 10.0 Å². The number of halogens is 2. The summed E-state index contributed by atoms with van der Waals surface area (Å²) in [4.78, 5) is 4.20. The summed E-state index contributed by atoms with van der Waals surface area (Å²) in [7, 11) is 4.00. The molecule has 3 nitrogen and oxygen atoms in total. The molecule has 0 spiro atoms. The first-order chi connectivity index (χ1) is 11.4. The van der Waals surface area contributed by atoms with Crippen molar-refractivity contribution in [3.8, 4) is 0 Å². The van der Waals surface area contributed by atoms with E-state index in [-0.39, 0.29) is 0 Å². The van der Waals surface area contributed by atoms with Crippen molar-refractivity contribution in [1.82, 2.24) is 9.80 Å². The Kier molecular flexibility index (Phi) is 7.53. The van der Waals surface area contributed by atoms with Gasteiger partial charge in [0, 0.05) is 36.2 Å². The summed E-state index contributed by atoms with van der Waals surface area (Å²) in [5, 5.41) is 11.6. The van der Waals surface area contributed by atoms with Gasteiger partial charge in [-0.2, -0.15) is 0 Å². The Hall–Kier alpha value is -1.10. The van der Waals surface area contributed by atoms with Gasteiger partial charge < -0.3 is 5.11 Å². The van der Waals surface area contributed by atoms with Gasteiger partial charge in [-0.3, -0.25) is 9.80 Å². The van der Waals surface area contributed by atoms with Crippen LogP contribution in [0.25, 0.3) is 0 Å². The Morgan fingerprint density at radius 3 is 1.88 bits per heavy atom. The lowest BCUT2D eigenvalue weighted by Crippen LogP contribution is -2.37. The summed E-state index contributed by atoms with van der Waals surface area (Å²) in [5.41, 5.74) is 2.29. The van der Waals surface area contributed by atoms with Crippen LogP contribution >= 0.6 is 23.2 Å². The molecular formula is C19H24Cl2N2O. The van der Waals surface area contributed by atoms with Gasteiger partial charge in [-0.05, 0) is 43.4 Å². The van der Waals surface area contributed by atoms with E-state index in [0.29, 0.717) is 29.7 Å². The van der Waals surface area contributed by atoms with Crippen LogP contribution in [0.1, 0.15) is 11.1 Å². The average molecular weight is 367 g/mol. The highest BCUT2D eigenvalue weighted by molar-refractivity contribution is 6.34.